The van der Waals surface area contributed by atoms with Gasteiger partial charge >= 0.3 is 5.97 Å². The van der Waals surface area contributed by atoms with Gasteiger partial charge in [-0.15, -0.1) is 0 Å². The van der Waals surface area contributed by atoms with Gasteiger partial charge < -0.3 is 23.7 Å². The number of hydrogen-bond donors (Lipinski definition) is 2. The lowest BCUT2D eigenvalue weighted by molar-refractivity contribution is -0.160. The molecule has 37 heavy (non-hydrogen) atoms. The number of fused-ring (bicyclic) bond motifs is 1. The highest BCUT2D eigenvalue weighted by Gasteiger charge is 2.29. The van der Waals surface area contributed by atoms with Crippen molar-refractivity contribution < 1.29 is 19.4 Å². The third-order valence-corrected chi connectivity index (χ3v) is 6.57. The molecule has 0 radical (unpaired) electrons. The Labute approximate surface area is 217 Å². The van der Waals surface area contributed by atoms with Crippen LogP contribution in [0.3, 0.4) is 0 Å². The van der Waals surface area contributed by atoms with E-state index in [1.54, 1.807) is 39.3 Å². The van der Waals surface area contributed by atoms with Crippen molar-refractivity contribution in [3.63, 3.8) is 0 Å². The van der Waals surface area contributed by atoms with Crippen LogP contribution in [0.15, 0.2) is 35.3 Å². The van der Waals surface area contributed by atoms with Gasteiger partial charge in [-0.25, -0.2) is 4.98 Å². The summed E-state index contributed by atoms with van der Waals surface area (Å²) >= 11 is 0. The van der Waals surface area contributed by atoms with Gasteiger partial charge in [-0.1, -0.05) is 6.07 Å². The number of esters is 1. The minimum Gasteiger partial charge on any atom is -0.459 e. The Hall–Kier alpha value is -3.01. The number of nitrogens with one attached hydrogen (secondary N) is 1. The summed E-state index contributed by atoms with van der Waals surface area (Å²) in [4.78, 5) is 29.9. The van der Waals surface area contributed by atoms with Crippen molar-refractivity contribution >= 4 is 17.0 Å². The first-order chi connectivity index (χ1) is 17.4. The van der Waals surface area contributed by atoms with E-state index in [0.717, 1.165) is 47.6 Å². The van der Waals surface area contributed by atoms with Gasteiger partial charge in [-0.3, -0.25) is 14.9 Å². The van der Waals surface area contributed by atoms with Crippen LogP contribution in [0.2, 0.25) is 0 Å². The molecule has 3 heterocycles. The number of hydrogen-bond acceptors (Lipinski definition) is 7. The zero-order chi connectivity index (χ0) is 26.9. The molecule has 1 aromatic carbocycles. The van der Waals surface area contributed by atoms with E-state index in [1.165, 1.54) is 0 Å². The Balaban J connectivity index is 1.68. The largest absolute Gasteiger partial charge is 0.459 e. The Morgan fingerprint density at radius 1 is 1.32 bits per heavy atom. The Morgan fingerprint density at radius 2 is 2.08 bits per heavy atom. The molecule has 0 spiro atoms. The van der Waals surface area contributed by atoms with Crippen molar-refractivity contribution in [2.75, 3.05) is 13.2 Å². The Bertz CT molecular complexity index is 1300. The minimum absolute atomic E-state index is 0.0263. The number of nitrogens with zero attached hydrogens (tertiary/aromatic N) is 3. The number of aromatic nitrogens is 3. The minimum atomic E-state index is -0.911. The molecule has 2 aromatic heterocycles. The summed E-state index contributed by atoms with van der Waals surface area (Å²) in [6, 6.07) is 7.05. The average molecular weight is 511 g/mol. The van der Waals surface area contributed by atoms with E-state index >= 15 is 0 Å². The first-order valence-corrected chi connectivity index (χ1v) is 12.8. The molecular formula is C28H38N4O5. The normalized spacial score (nSPS) is 17.8. The van der Waals surface area contributed by atoms with E-state index in [-0.39, 0.29) is 5.56 Å². The van der Waals surface area contributed by atoms with Crippen molar-refractivity contribution in [3.05, 3.63) is 51.9 Å². The zero-order valence-electron chi connectivity index (χ0n) is 22.6. The topological polar surface area (TPSA) is 108 Å². The fourth-order valence-corrected chi connectivity index (χ4v) is 4.71. The number of aliphatic hydroxyl groups is 1. The number of imidazole rings is 1. The van der Waals surface area contributed by atoms with Crippen molar-refractivity contribution in [3.8, 4) is 11.4 Å². The molecule has 0 saturated carbocycles. The quantitative estimate of drug-likeness (QED) is 0.449. The lowest BCUT2D eigenvalue weighted by Crippen LogP contribution is -2.47. The summed E-state index contributed by atoms with van der Waals surface area (Å²) < 4.78 is 14.9. The SMILES string of the molecule is Cc1cc(-c2nc3ccc(CNC(C(=O)OC(C)(C)C)C(C)O)cc3n2C[C@@H]2CCOC2)cn(C)c1=O. The van der Waals surface area contributed by atoms with E-state index in [0.29, 0.717) is 24.6 Å². The molecular weight excluding hydrogens is 472 g/mol. The van der Waals surface area contributed by atoms with Crippen molar-refractivity contribution in [1.82, 2.24) is 19.4 Å². The number of benzene rings is 1. The number of aliphatic hydroxyl groups excluding tert-OH is 1. The smallest absolute Gasteiger partial charge is 0.326 e. The lowest BCUT2D eigenvalue weighted by atomic mass is 10.1. The van der Waals surface area contributed by atoms with Gasteiger partial charge in [0.2, 0.25) is 0 Å². The predicted molar refractivity (Wildman–Crippen MR) is 142 cm³/mol. The van der Waals surface area contributed by atoms with Crippen LogP contribution in [0.5, 0.6) is 0 Å². The van der Waals surface area contributed by atoms with E-state index in [2.05, 4.69) is 16.0 Å². The fraction of sp³-hybridized carbons (Fsp3) is 0.536. The molecule has 0 bridgehead atoms. The molecule has 4 rings (SSSR count). The second kappa shape index (κ2) is 10.8. The van der Waals surface area contributed by atoms with Gasteiger partial charge in [0.1, 0.15) is 17.5 Å². The van der Waals surface area contributed by atoms with Crippen LogP contribution < -0.4 is 10.9 Å². The fourth-order valence-electron chi connectivity index (χ4n) is 4.71. The molecule has 1 aliphatic rings. The van der Waals surface area contributed by atoms with Crippen LogP contribution in [0.25, 0.3) is 22.4 Å². The van der Waals surface area contributed by atoms with Crippen molar-refractivity contribution in [1.29, 1.82) is 0 Å². The van der Waals surface area contributed by atoms with E-state index in [1.807, 2.05) is 31.3 Å². The molecule has 9 nitrogen and oxygen atoms in total. The molecule has 0 amide bonds. The third kappa shape index (κ3) is 6.29. The number of carbonyl (C=O) groups excluding carboxylic acids is 1. The maximum Gasteiger partial charge on any atom is 0.326 e. The second-order valence-corrected chi connectivity index (χ2v) is 11.1. The molecule has 3 aromatic rings. The summed E-state index contributed by atoms with van der Waals surface area (Å²) in [5.41, 5.74) is 3.65. The van der Waals surface area contributed by atoms with Gasteiger partial charge in [-0.05, 0) is 64.8 Å². The second-order valence-electron chi connectivity index (χ2n) is 11.1. The number of ether oxygens (including phenoxy) is 2. The third-order valence-electron chi connectivity index (χ3n) is 6.57. The Kier molecular flexibility index (Phi) is 7.87. The van der Waals surface area contributed by atoms with Gasteiger partial charge in [-0.2, -0.15) is 0 Å². The van der Waals surface area contributed by atoms with Crippen molar-refractivity contribution in [2.45, 2.75) is 71.9 Å². The number of pyridine rings is 1. The molecule has 2 N–H and O–H groups in total. The van der Waals surface area contributed by atoms with Crippen molar-refractivity contribution in [2.24, 2.45) is 13.0 Å². The molecule has 1 saturated heterocycles. The average Bonchev–Trinajstić information content (AvgIpc) is 3.44. The van der Waals surface area contributed by atoms with Crippen LogP contribution in [0, 0.1) is 12.8 Å². The predicted octanol–water partition coefficient (Wildman–Crippen LogP) is 2.93. The zero-order valence-corrected chi connectivity index (χ0v) is 22.6. The molecule has 9 heteroatoms. The summed E-state index contributed by atoms with van der Waals surface area (Å²) in [5.74, 6) is 0.696. The highest BCUT2D eigenvalue weighted by atomic mass is 16.6. The monoisotopic (exact) mass is 510 g/mol. The Morgan fingerprint density at radius 3 is 2.70 bits per heavy atom. The summed E-state index contributed by atoms with van der Waals surface area (Å²) in [5, 5.41) is 13.4. The number of rotatable bonds is 8. The highest BCUT2D eigenvalue weighted by molar-refractivity contribution is 5.81. The molecule has 200 valence electrons. The van der Waals surface area contributed by atoms with Crippen LogP contribution in [-0.4, -0.2) is 56.2 Å². The van der Waals surface area contributed by atoms with Gasteiger partial charge in [0.15, 0.2) is 0 Å². The molecule has 1 fully saturated rings. The molecule has 2 unspecified atom stereocenters. The molecule has 1 aliphatic heterocycles. The van der Waals surface area contributed by atoms with Crippen LogP contribution in [0.4, 0.5) is 0 Å². The van der Waals surface area contributed by atoms with E-state index < -0.39 is 23.7 Å². The van der Waals surface area contributed by atoms with Gasteiger partial charge in [0.05, 0.1) is 23.7 Å². The maximum atomic E-state index is 12.6. The lowest BCUT2D eigenvalue weighted by Gasteiger charge is -2.26. The van der Waals surface area contributed by atoms with Gasteiger partial charge in [0.25, 0.3) is 5.56 Å². The maximum absolute atomic E-state index is 12.6. The molecule has 3 atom stereocenters. The van der Waals surface area contributed by atoms with Gasteiger partial charge in [0, 0.05) is 50.0 Å². The van der Waals surface area contributed by atoms with Crippen LogP contribution in [-0.2, 0) is 34.4 Å². The standard InChI is InChI=1S/C28H38N4O5/c1-17-11-21(15-31(6)26(17)34)25-30-22-8-7-19(12-23(22)32(25)14-20-9-10-36-16-20)13-29-24(18(2)33)27(35)37-28(3,4)5/h7-8,11-12,15,18,20,24,29,33H,9-10,13-14,16H2,1-6H3/t18?,20-,24?/m0/s1. The number of aryl methyl sites for hydroxylation is 2. The highest BCUT2D eigenvalue weighted by Crippen LogP contribution is 2.28. The summed E-state index contributed by atoms with van der Waals surface area (Å²) in [6.45, 7) is 11.4. The van der Waals surface area contributed by atoms with Crippen LogP contribution in [0.1, 0.15) is 45.2 Å². The number of carbonyl (C=O) groups is 1. The first kappa shape index (κ1) is 27.0. The first-order valence-electron chi connectivity index (χ1n) is 12.8. The summed E-state index contributed by atoms with van der Waals surface area (Å²) in [6.07, 6.45) is 1.90. The molecule has 0 aliphatic carbocycles. The van der Waals surface area contributed by atoms with E-state index in [9.17, 15) is 14.7 Å². The summed E-state index contributed by atoms with van der Waals surface area (Å²) in [7, 11) is 1.75. The van der Waals surface area contributed by atoms with Crippen LogP contribution >= 0.6 is 0 Å². The van der Waals surface area contributed by atoms with E-state index in [4.69, 9.17) is 14.5 Å².